The Labute approximate surface area is 147 Å². The van der Waals surface area contributed by atoms with E-state index in [1.54, 1.807) is 32.9 Å². The number of carbonyl (C=O) groups is 2. The average Bonchev–Trinajstić information content (AvgIpc) is 2.51. The fourth-order valence-electron chi connectivity index (χ4n) is 2.47. The molecule has 0 unspecified atom stereocenters. The molecule has 5 heteroatoms. The minimum absolute atomic E-state index is 0.349. The second-order valence-electron chi connectivity index (χ2n) is 6.75. The summed E-state index contributed by atoms with van der Waals surface area (Å²) in [5, 5.41) is 10.2. The number of aliphatic carboxylic acids is 1. The molecule has 0 saturated heterocycles. The molecule has 25 heavy (non-hydrogen) atoms. The first-order valence-electron chi connectivity index (χ1n) is 8.11. The summed E-state index contributed by atoms with van der Waals surface area (Å²) in [6, 6.07) is 7.71. The van der Waals surface area contributed by atoms with Gasteiger partial charge in [-0.25, -0.2) is 4.98 Å². The van der Waals surface area contributed by atoms with Gasteiger partial charge in [-0.2, -0.15) is 0 Å². The van der Waals surface area contributed by atoms with E-state index in [1.807, 2.05) is 31.2 Å². The van der Waals surface area contributed by atoms with Crippen LogP contribution in [0.1, 0.15) is 50.6 Å². The standard InChI is InChI=1S/C20H23NO4/c1-12-10-15(8-9-20(4,5)19(23)24)11-18-16(12)6-7-17(21-18)13(2)25-14(3)22/h6-11,13H,1-5H3,(H,23,24)/b9-8+/t13-/m1/s1. The third kappa shape index (κ3) is 4.44. The van der Waals surface area contributed by atoms with E-state index in [2.05, 4.69) is 4.98 Å². The zero-order valence-corrected chi connectivity index (χ0v) is 15.2. The molecule has 0 amide bonds. The highest BCUT2D eigenvalue weighted by Crippen LogP contribution is 2.25. The highest BCUT2D eigenvalue weighted by Gasteiger charge is 2.23. The molecule has 1 heterocycles. The van der Waals surface area contributed by atoms with Crippen LogP contribution in [0.2, 0.25) is 0 Å². The summed E-state index contributed by atoms with van der Waals surface area (Å²) in [5.41, 5.74) is 2.44. The van der Waals surface area contributed by atoms with Crippen molar-refractivity contribution >= 4 is 28.9 Å². The lowest BCUT2D eigenvalue weighted by molar-refractivity contribution is -0.146. The first-order chi connectivity index (χ1) is 11.6. The minimum Gasteiger partial charge on any atom is -0.481 e. The Hall–Kier alpha value is -2.69. The van der Waals surface area contributed by atoms with E-state index in [4.69, 9.17) is 4.74 Å². The number of ether oxygens (including phenoxy) is 1. The molecule has 0 fully saturated rings. The second-order valence-corrected chi connectivity index (χ2v) is 6.75. The molecule has 0 bridgehead atoms. The minimum atomic E-state index is -0.942. The van der Waals surface area contributed by atoms with Gasteiger partial charge in [0.15, 0.2) is 0 Å². The Morgan fingerprint density at radius 3 is 2.56 bits per heavy atom. The first kappa shape index (κ1) is 18.6. The number of fused-ring (bicyclic) bond motifs is 1. The van der Waals surface area contributed by atoms with Crippen LogP contribution >= 0.6 is 0 Å². The highest BCUT2D eigenvalue weighted by molar-refractivity contribution is 5.85. The molecule has 0 saturated carbocycles. The van der Waals surface area contributed by atoms with Crippen LogP contribution in [-0.4, -0.2) is 22.0 Å². The van der Waals surface area contributed by atoms with Crippen LogP contribution in [0.25, 0.3) is 17.0 Å². The molecule has 0 aliphatic heterocycles. The van der Waals surface area contributed by atoms with Crippen LogP contribution in [0.5, 0.6) is 0 Å². The van der Waals surface area contributed by atoms with Crippen molar-refractivity contribution in [3.63, 3.8) is 0 Å². The van der Waals surface area contributed by atoms with Crippen LogP contribution in [-0.2, 0) is 14.3 Å². The van der Waals surface area contributed by atoms with E-state index < -0.39 is 17.5 Å². The lowest BCUT2D eigenvalue weighted by Crippen LogP contribution is -2.20. The number of carboxylic acid groups (broad SMARTS) is 1. The predicted octanol–water partition coefficient (Wildman–Crippen LogP) is 4.29. The maximum atomic E-state index is 11.2. The van der Waals surface area contributed by atoms with Gasteiger partial charge in [-0.3, -0.25) is 9.59 Å². The average molecular weight is 341 g/mol. The fourth-order valence-corrected chi connectivity index (χ4v) is 2.47. The Morgan fingerprint density at radius 1 is 1.28 bits per heavy atom. The van der Waals surface area contributed by atoms with Gasteiger partial charge in [0.05, 0.1) is 16.6 Å². The number of nitrogens with zero attached hydrogens (tertiary/aromatic N) is 1. The monoisotopic (exact) mass is 341 g/mol. The number of hydrogen-bond acceptors (Lipinski definition) is 4. The SMILES string of the molecule is CC(=O)O[C@H](C)c1ccc2c(C)cc(/C=C/C(C)(C)C(=O)O)cc2n1. The Bertz CT molecular complexity index is 852. The Morgan fingerprint density at radius 2 is 1.96 bits per heavy atom. The summed E-state index contributed by atoms with van der Waals surface area (Å²) in [5.74, 6) is -1.23. The molecule has 2 aromatic rings. The molecule has 1 N–H and O–H groups in total. The van der Waals surface area contributed by atoms with Crippen molar-refractivity contribution in [2.45, 2.75) is 40.7 Å². The van der Waals surface area contributed by atoms with E-state index in [0.29, 0.717) is 5.69 Å². The molecular formula is C20H23NO4. The number of carboxylic acids is 1. The third-order valence-corrected chi connectivity index (χ3v) is 4.06. The van der Waals surface area contributed by atoms with Crippen molar-refractivity contribution in [2.24, 2.45) is 5.41 Å². The number of benzene rings is 1. The van der Waals surface area contributed by atoms with Gasteiger partial charge < -0.3 is 9.84 Å². The normalized spacial score (nSPS) is 13.2. The molecule has 5 nitrogen and oxygen atoms in total. The smallest absolute Gasteiger partial charge is 0.312 e. The number of hydrogen-bond donors (Lipinski definition) is 1. The number of rotatable bonds is 5. The van der Waals surface area contributed by atoms with Gasteiger partial charge >= 0.3 is 11.9 Å². The van der Waals surface area contributed by atoms with E-state index in [0.717, 1.165) is 22.0 Å². The van der Waals surface area contributed by atoms with Gasteiger partial charge in [0.25, 0.3) is 0 Å². The summed E-state index contributed by atoms with van der Waals surface area (Å²) in [6.07, 6.45) is 3.04. The molecule has 2 rings (SSSR count). The molecule has 0 aliphatic carbocycles. The fraction of sp³-hybridized carbons (Fsp3) is 0.350. The topological polar surface area (TPSA) is 76.5 Å². The number of aryl methyl sites for hydroxylation is 1. The molecule has 1 aromatic carbocycles. The molecule has 1 aromatic heterocycles. The number of pyridine rings is 1. The first-order valence-corrected chi connectivity index (χ1v) is 8.11. The zero-order chi connectivity index (χ0) is 18.8. The summed E-state index contributed by atoms with van der Waals surface area (Å²) in [7, 11) is 0. The van der Waals surface area contributed by atoms with E-state index in [-0.39, 0.29) is 5.97 Å². The van der Waals surface area contributed by atoms with Gasteiger partial charge in [0.1, 0.15) is 6.10 Å². The van der Waals surface area contributed by atoms with Crippen LogP contribution in [0.3, 0.4) is 0 Å². The van der Waals surface area contributed by atoms with Crippen LogP contribution in [0.4, 0.5) is 0 Å². The Balaban J connectivity index is 2.43. The predicted molar refractivity (Wildman–Crippen MR) is 97.1 cm³/mol. The zero-order valence-electron chi connectivity index (χ0n) is 15.2. The maximum Gasteiger partial charge on any atom is 0.312 e. The number of carbonyl (C=O) groups excluding carboxylic acids is 1. The van der Waals surface area contributed by atoms with Crippen molar-refractivity contribution in [3.8, 4) is 0 Å². The van der Waals surface area contributed by atoms with Crippen molar-refractivity contribution in [1.29, 1.82) is 0 Å². The lowest BCUT2D eigenvalue weighted by Gasteiger charge is -2.14. The van der Waals surface area contributed by atoms with Crippen molar-refractivity contribution in [3.05, 3.63) is 47.2 Å². The second kappa shape index (κ2) is 7.05. The molecular weight excluding hydrogens is 318 g/mol. The van der Waals surface area contributed by atoms with Gasteiger partial charge in [0.2, 0.25) is 0 Å². The van der Waals surface area contributed by atoms with Crippen LogP contribution < -0.4 is 0 Å². The van der Waals surface area contributed by atoms with E-state index >= 15 is 0 Å². The van der Waals surface area contributed by atoms with Gasteiger partial charge in [0, 0.05) is 12.3 Å². The third-order valence-electron chi connectivity index (χ3n) is 4.06. The van der Waals surface area contributed by atoms with E-state index in [1.165, 1.54) is 6.92 Å². The quantitative estimate of drug-likeness (QED) is 0.821. The highest BCUT2D eigenvalue weighted by atomic mass is 16.5. The summed E-state index contributed by atoms with van der Waals surface area (Å²) >= 11 is 0. The summed E-state index contributed by atoms with van der Waals surface area (Å²) < 4.78 is 5.18. The van der Waals surface area contributed by atoms with Crippen LogP contribution in [0.15, 0.2) is 30.3 Å². The lowest BCUT2D eigenvalue weighted by atomic mass is 9.92. The van der Waals surface area contributed by atoms with Crippen molar-refractivity contribution < 1.29 is 19.4 Å². The maximum absolute atomic E-state index is 11.2. The summed E-state index contributed by atoms with van der Waals surface area (Å²) in [6.45, 7) is 8.43. The van der Waals surface area contributed by atoms with Gasteiger partial charge in [-0.1, -0.05) is 24.3 Å². The molecule has 132 valence electrons. The number of esters is 1. The summed E-state index contributed by atoms with van der Waals surface area (Å²) in [4.78, 5) is 27.0. The molecule has 0 radical (unpaired) electrons. The van der Waals surface area contributed by atoms with Gasteiger partial charge in [-0.15, -0.1) is 0 Å². The van der Waals surface area contributed by atoms with Crippen molar-refractivity contribution in [2.75, 3.05) is 0 Å². The van der Waals surface area contributed by atoms with Gasteiger partial charge in [-0.05, 0) is 51.0 Å². The molecule has 0 aliphatic rings. The molecule has 0 spiro atoms. The largest absolute Gasteiger partial charge is 0.481 e. The van der Waals surface area contributed by atoms with E-state index in [9.17, 15) is 14.7 Å². The van der Waals surface area contributed by atoms with Crippen LogP contribution in [0, 0.1) is 12.3 Å². The number of aromatic nitrogens is 1. The molecule has 1 atom stereocenters. The Kier molecular flexibility index (Phi) is 5.26. The van der Waals surface area contributed by atoms with Crippen molar-refractivity contribution in [1.82, 2.24) is 4.98 Å².